The molecule has 1 aromatic carbocycles. The van der Waals surface area contributed by atoms with E-state index in [2.05, 4.69) is 21.6 Å². The molecule has 3 rings (SSSR count). The fourth-order valence-electron chi connectivity index (χ4n) is 2.81. The van der Waals surface area contributed by atoms with Crippen LogP contribution in [0.1, 0.15) is 16.0 Å². The number of hydrogen-bond donors (Lipinski definition) is 0. The second-order valence-corrected chi connectivity index (χ2v) is 8.37. The number of carbonyl (C=O) groups excluding carboxylic acids is 1. The normalized spacial score (nSPS) is 11.0. The van der Waals surface area contributed by atoms with Crippen LogP contribution in [0.25, 0.3) is 5.69 Å². The lowest BCUT2D eigenvalue weighted by molar-refractivity contribution is -0.129. The van der Waals surface area contributed by atoms with E-state index in [0.29, 0.717) is 24.9 Å². The molecular formula is C19H23N5O2S2. The third kappa shape index (κ3) is 5.40. The van der Waals surface area contributed by atoms with Crippen molar-refractivity contribution in [1.82, 2.24) is 25.1 Å². The highest BCUT2D eigenvalue weighted by atomic mass is 32.2. The molecule has 0 aliphatic carbocycles. The van der Waals surface area contributed by atoms with Crippen LogP contribution in [0, 0.1) is 13.8 Å². The van der Waals surface area contributed by atoms with Gasteiger partial charge < -0.3 is 9.64 Å². The summed E-state index contributed by atoms with van der Waals surface area (Å²) >= 11 is 2.98. The lowest BCUT2D eigenvalue weighted by atomic mass is 10.1. The fourth-order valence-corrected chi connectivity index (χ4v) is 4.32. The summed E-state index contributed by atoms with van der Waals surface area (Å²) in [6.07, 6.45) is 0. The molecule has 0 radical (unpaired) electrons. The monoisotopic (exact) mass is 417 g/mol. The van der Waals surface area contributed by atoms with E-state index in [0.717, 1.165) is 21.7 Å². The summed E-state index contributed by atoms with van der Waals surface area (Å²) in [5.41, 5.74) is 3.17. The Morgan fingerprint density at radius 1 is 1.29 bits per heavy atom. The molecular weight excluding hydrogens is 394 g/mol. The number of rotatable bonds is 9. The van der Waals surface area contributed by atoms with E-state index in [9.17, 15) is 4.79 Å². The van der Waals surface area contributed by atoms with Crippen LogP contribution >= 0.6 is 23.1 Å². The van der Waals surface area contributed by atoms with E-state index in [1.54, 1.807) is 23.1 Å². The highest BCUT2D eigenvalue weighted by Crippen LogP contribution is 2.21. The predicted octanol–water partition coefficient (Wildman–Crippen LogP) is 3.11. The smallest absolute Gasteiger partial charge is 0.233 e. The molecule has 0 aliphatic heterocycles. The van der Waals surface area contributed by atoms with E-state index in [1.807, 2.05) is 48.4 Å². The molecule has 9 heteroatoms. The highest BCUT2D eigenvalue weighted by Gasteiger charge is 2.17. The SMILES string of the molecule is COCCN(Cc1cccs1)C(=O)CSc1nnnn1-c1cc(C)cc(C)c1. The van der Waals surface area contributed by atoms with Gasteiger partial charge in [-0.15, -0.1) is 16.4 Å². The molecule has 1 amide bonds. The maximum atomic E-state index is 12.8. The molecule has 0 saturated heterocycles. The minimum Gasteiger partial charge on any atom is -0.383 e. The van der Waals surface area contributed by atoms with E-state index in [-0.39, 0.29) is 11.7 Å². The highest BCUT2D eigenvalue weighted by molar-refractivity contribution is 7.99. The quantitative estimate of drug-likeness (QED) is 0.498. The van der Waals surface area contributed by atoms with Crippen molar-refractivity contribution in [3.8, 4) is 5.69 Å². The van der Waals surface area contributed by atoms with Crippen LogP contribution in [0.2, 0.25) is 0 Å². The van der Waals surface area contributed by atoms with Crippen LogP contribution in [0.4, 0.5) is 0 Å². The zero-order chi connectivity index (χ0) is 19.9. The number of thiophene rings is 1. The molecule has 0 spiro atoms. The number of carbonyl (C=O) groups is 1. The van der Waals surface area contributed by atoms with Crippen molar-refractivity contribution < 1.29 is 9.53 Å². The molecule has 0 fully saturated rings. The van der Waals surface area contributed by atoms with Gasteiger partial charge in [-0.05, 0) is 59.0 Å². The summed E-state index contributed by atoms with van der Waals surface area (Å²) in [6.45, 7) is 5.71. The Labute approximate surface area is 172 Å². The van der Waals surface area contributed by atoms with Gasteiger partial charge in [0.25, 0.3) is 0 Å². The maximum Gasteiger partial charge on any atom is 0.233 e. The minimum absolute atomic E-state index is 0.0328. The largest absolute Gasteiger partial charge is 0.383 e. The average molecular weight is 418 g/mol. The van der Waals surface area contributed by atoms with Gasteiger partial charge in [0, 0.05) is 18.5 Å². The number of ether oxygens (including phenoxy) is 1. The Kier molecular flexibility index (Phi) is 7.18. The summed E-state index contributed by atoms with van der Waals surface area (Å²) in [6, 6.07) is 10.2. The fraction of sp³-hybridized carbons (Fsp3) is 0.368. The number of aryl methyl sites for hydroxylation is 2. The second-order valence-electron chi connectivity index (χ2n) is 6.40. The van der Waals surface area contributed by atoms with Crippen molar-refractivity contribution in [1.29, 1.82) is 0 Å². The Bertz CT molecular complexity index is 891. The summed E-state index contributed by atoms with van der Waals surface area (Å²) in [4.78, 5) is 15.8. The predicted molar refractivity (Wildman–Crippen MR) is 111 cm³/mol. The van der Waals surface area contributed by atoms with Gasteiger partial charge in [-0.2, -0.15) is 4.68 Å². The second kappa shape index (κ2) is 9.81. The van der Waals surface area contributed by atoms with Crippen molar-refractivity contribution in [3.05, 3.63) is 51.7 Å². The summed E-state index contributed by atoms with van der Waals surface area (Å²) < 4.78 is 6.83. The summed E-state index contributed by atoms with van der Waals surface area (Å²) in [5, 5.41) is 14.6. The average Bonchev–Trinajstić information content (AvgIpc) is 3.34. The molecule has 0 unspecified atom stereocenters. The minimum atomic E-state index is 0.0328. The first-order chi connectivity index (χ1) is 13.6. The van der Waals surface area contributed by atoms with Gasteiger partial charge in [0.05, 0.1) is 24.6 Å². The van der Waals surface area contributed by atoms with Crippen molar-refractivity contribution in [2.75, 3.05) is 26.0 Å². The third-order valence-corrected chi connectivity index (χ3v) is 5.83. The molecule has 0 N–H and O–H groups in total. The number of aromatic nitrogens is 4. The van der Waals surface area contributed by atoms with E-state index < -0.39 is 0 Å². The summed E-state index contributed by atoms with van der Waals surface area (Å²) in [7, 11) is 1.64. The van der Waals surface area contributed by atoms with Crippen LogP contribution in [-0.4, -0.2) is 57.0 Å². The first-order valence-electron chi connectivity index (χ1n) is 8.86. The van der Waals surface area contributed by atoms with Crippen molar-refractivity contribution in [2.45, 2.75) is 25.5 Å². The Morgan fingerprint density at radius 2 is 2.07 bits per heavy atom. The first-order valence-corrected chi connectivity index (χ1v) is 10.7. The van der Waals surface area contributed by atoms with Crippen LogP contribution in [0.3, 0.4) is 0 Å². The van der Waals surface area contributed by atoms with Gasteiger partial charge in [0.1, 0.15) is 0 Å². The number of thioether (sulfide) groups is 1. The Morgan fingerprint density at radius 3 is 2.75 bits per heavy atom. The number of nitrogens with zero attached hydrogens (tertiary/aromatic N) is 5. The number of tetrazole rings is 1. The lowest BCUT2D eigenvalue weighted by Crippen LogP contribution is -2.34. The van der Waals surface area contributed by atoms with Gasteiger partial charge in [-0.3, -0.25) is 4.79 Å². The molecule has 148 valence electrons. The van der Waals surface area contributed by atoms with Crippen molar-refractivity contribution in [2.24, 2.45) is 0 Å². The molecule has 2 heterocycles. The third-order valence-electron chi connectivity index (χ3n) is 4.06. The van der Waals surface area contributed by atoms with Crippen LogP contribution in [0.5, 0.6) is 0 Å². The molecule has 0 aliphatic rings. The molecule has 3 aromatic rings. The van der Waals surface area contributed by atoms with Gasteiger partial charge in [-0.1, -0.05) is 23.9 Å². The van der Waals surface area contributed by atoms with Crippen molar-refractivity contribution >= 4 is 29.0 Å². The number of hydrogen-bond acceptors (Lipinski definition) is 7. The van der Waals surface area contributed by atoms with Crippen molar-refractivity contribution in [3.63, 3.8) is 0 Å². The van der Waals surface area contributed by atoms with E-state index in [4.69, 9.17) is 4.74 Å². The van der Waals surface area contributed by atoms with Gasteiger partial charge >= 0.3 is 0 Å². The Hall–Kier alpha value is -2.23. The lowest BCUT2D eigenvalue weighted by Gasteiger charge is -2.21. The van der Waals surface area contributed by atoms with Crippen LogP contribution in [-0.2, 0) is 16.1 Å². The van der Waals surface area contributed by atoms with Crippen LogP contribution < -0.4 is 0 Å². The molecule has 0 atom stereocenters. The van der Waals surface area contributed by atoms with Crippen LogP contribution in [0.15, 0.2) is 40.9 Å². The molecule has 28 heavy (non-hydrogen) atoms. The van der Waals surface area contributed by atoms with Gasteiger partial charge in [-0.25, -0.2) is 0 Å². The number of benzene rings is 1. The molecule has 7 nitrogen and oxygen atoms in total. The number of methoxy groups -OCH3 is 1. The molecule has 2 aromatic heterocycles. The van der Waals surface area contributed by atoms with Gasteiger partial charge in [0.15, 0.2) is 0 Å². The zero-order valence-corrected chi connectivity index (χ0v) is 17.8. The van der Waals surface area contributed by atoms with E-state index in [1.165, 1.54) is 11.8 Å². The maximum absolute atomic E-state index is 12.8. The first kappa shape index (κ1) is 20.5. The number of amides is 1. The van der Waals surface area contributed by atoms with E-state index >= 15 is 0 Å². The zero-order valence-electron chi connectivity index (χ0n) is 16.2. The topological polar surface area (TPSA) is 73.1 Å². The molecule has 0 saturated carbocycles. The standard InChI is InChI=1S/C19H23N5O2S2/c1-14-9-15(2)11-16(10-14)24-19(20-21-22-24)28-13-18(25)23(6-7-26-3)12-17-5-4-8-27-17/h4-5,8-11H,6-7,12-13H2,1-3H3. The Balaban J connectivity index is 1.68. The molecule has 0 bridgehead atoms. The summed E-state index contributed by atoms with van der Waals surface area (Å²) in [5.74, 6) is 0.297. The van der Waals surface area contributed by atoms with Gasteiger partial charge in [0.2, 0.25) is 11.1 Å².